The van der Waals surface area contributed by atoms with Gasteiger partial charge >= 0.3 is 7.12 Å². The molecule has 0 unspecified atom stereocenters. The van der Waals surface area contributed by atoms with Crippen LogP contribution in [0.5, 0.6) is 0 Å². The van der Waals surface area contributed by atoms with Crippen LogP contribution in [0.3, 0.4) is 0 Å². The van der Waals surface area contributed by atoms with Gasteiger partial charge in [0, 0.05) is 5.75 Å². The van der Waals surface area contributed by atoms with E-state index in [4.69, 9.17) is 9.31 Å². The molecule has 1 fully saturated rings. The van der Waals surface area contributed by atoms with Gasteiger partial charge in [0.2, 0.25) is 0 Å². The molecule has 0 bridgehead atoms. The van der Waals surface area contributed by atoms with Crippen molar-refractivity contribution in [1.29, 1.82) is 0 Å². The van der Waals surface area contributed by atoms with Crippen molar-refractivity contribution in [3.63, 3.8) is 0 Å². The van der Waals surface area contributed by atoms with Crippen molar-refractivity contribution in [2.75, 3.05) is 5.75 Å². The van der Waals surface area contributed by atoms with E-state index in [1.165, 1.54) is 5.56 Å². The van der Waals surface area contributed by atoms with Crippen LogP contribution in [-0.2, 0) is 9.31 Å². The summed E-state index contributed by atoms with van der Waals surface area (Å²) >= 11 is 4.43. The number of rotatable bonds is 3. The molecule has 0 amide bonds. The van der Waals surface area contributed by atoms with E-state index < -0.39 is 0 Å². The average molecular weight is 290 g/mol. The van der Waals surface area contributed by atoms with E-state index in [-0.39, 0.29) is 18.3 Å². The highest BCUT2D eigenvalue weighted by molar-refractivity contribution is 7.80. The monoisotopic (exact) mass is 290 g/mol. The second-order valence-corrected chi connectivity index (χ2v) is 6.70. The first kappa shape index (κ1) is 15.7. The van der Waals surface area contributed by atoms with Gasteiger partial charge in [-0.1, -0.05) is 35.9 Å². The SMILES string of the molecule is Cc1cccc(C=C(CS)B2OC(C)(C)C(C)(C)O2)c1. The van der Waals surface area contributed by atoms with Crippen LogP contribution in [-0.4, -0.2) is 24.1 Å². The normalized spacial score (nSPS) is 21.3. The summed E-state index contributed by atoms with van der Waals surface area (Å²) in [5, 5.41) is 0. The molecule has 1 aliphatic heterocycles. The van der Waals surface area contributed by atoms with Crippen molar-refractivity contribution in [2.45, 2.75) is 45.8 Å². The Labute approximate surface area is 128 Å². The lowest BCUT2D eigenvalue weighted by atomic mass is 9.78. The Kier molecular flexibility index (Phi) is 4.38. The van der Waals surface area contributed by atoms with Crippen LogP contribution in [0.1, 0.15) is 38.8 Å². The molecule has 108 valence electrons. The van der Waals surface area contributed by atoms with Crippen molar-refractivity contribution in [1.82, 2.24) is 0 Å². The van der Waals surface area contributed by atoms with E-state index in [2.05, 4.69) is 77.6 Å². The molecule has 2 rings (SSSR count). The first-order valence-corrected chi connectivity index (χ1v) is 7.62. The quantitative estimate of drug-likeness (QED) is 0.671. The molecule has 0 N–H and O–H groups in total. The van der Waals surface area contributed by atoms with Crippen LogP contribution >= 0.6 is 12.6 Å². The van der Waals surface area contributed by atoms with Crippen molar-refractivity contribution >= 4 is 25.8 Å². The maximum atomic E-state index is 6.08. The van der Waals surface area contributed by atoms with Gasteiger partial charge in [-0.15, -0.1) is 0 Å². The largest absolute Gasteiger partial charge is 0.491 e. The Morgan fingerprint density at radius 2 is 1.80 bits per heavy atom. The summed E-state index contributed by atoms with van der Waals surface area (Å²) in [7, 11) is -0.321. The van der Waals surface area contributed by atoms with E-state index in [9.17, 15) is 0 Å². The molecule has 2 nitrogen and oxygen atoms in total. The predicted octanol–water partition coefficient (Wildman–Crippen LogP) is 3.94. The van der Waals surface area contributed by atoms with E-state index in [0.29, 0.717) is 5.75 Å². The van der Waals surface area contributed by atoms with Gasteiger partial charge in [-0.25, -0.2) is 0 Å². The molecule has 4 heteroatoms. The molecule has 0 spiro atoms. The zero-order chi connectivity index (χ0) is 15.0. The number of hydrogen-bond acceptors (Lipinski definition) is 3. The fourth-order valence-corrected chi connectivity index (χ4v) is 2.40. The Hall–Kier alpha value is -0.705. The summed E-state index contributed by atoms with van der Waals surface area (Å²) < 4.78 is 12.2. The molecule has 0 radical (unpaired) electrons. The molecule has 0 saturated carbocycles. The van der Waals surface area contributed by atoms with Crippen molar-refractivity contribution < 1.29 is 9.31 Å². The van der Waals surface area contributed by atoms with Crippen LogP contribution in [0.25, 0.3) is 6.08 Å². The highest BCUT2D eigenvalue weighted by Gasteiger charge is 2.52. The molecule has 1 aromatic carbocycles. The number of hydrogen-bond donors (Lipinski definition) is 1. The maximum Gasteiger partial charge on any atom is 0.491 e. The summed E-state index contributed by atoms with van der Waals surface area (Å²) in [6, 6.07) is 8.38. The van der Waals surface area contributed by atoms with E-state index >= 15 is 0 Å². The van der Waals surface area contributed by atoms with Crippen LogP contribution in [0, 0.1) is 6.92 Å². The Morgan fingerprint density at radius 1 is 1.20 bits per heavy atom. The summed E-state index contributed by atoms with van der Waals surface area (Å²) in [5.74, 6) is 0.616. The van der Waals surface area contributed by atoms with Gasteiger partial charge in [0.15, 0.2) is 0 Å². The van der Waals surface area contributed by atoms with E-state index in [1.54, 1.807) is 0 Å². The molecule has 1 heterocycles. The van der Waals surface area contributed by atoms with E-state index in [0.717, 1.165) is 11.0 Å². The van der Waals surface area contributed by atoms with Gasteiger partial charge < -0.3 is 9.31 Å². The van der Waals surface area contributed by atoms with Gasteiger partial charge in [-0.3, -0.25) is 0 Å². The third-order valence-electron chi connectivity index (χ3n) is 4.13. The van der Waals surface area contributed by atoms with Crippen LogP contribution in [0.2, 0.25) is 0 Å². The van der Waals surface area contributed by atoms with Crippen molar-refractivity contribution in [3.05, 3.63) is 40.9 Å². The first-order valence-electron chi connectivity index (χ1n) is 6.99. The summed E-state index contributed by atoms with van der Waals surface area (Å²) in [6.07, 6.45) is 2.11. The van der Waals surface area contributed by atoms with Gasteiger partial charge in [-0.05, 0) is 45.7 Å². The molecular formula is C16H23BO2S. The fraction of sp³-hybridized carbons (Fsp3) is 0.500. The van der Waals surface area contributed by atoms with Gasteiger partial charge in [0.25, 0.3) is 0 Å². The molecule has 20 heavy (non-hydrogen) atoms. The smallest absolute Gasteiger partial charge is 0.400 e. The molecule has 1 saturated heterocycles. The van der Waals surface area contributed by atoms with Crippen LogP contribution in [0.15, 0.2) is 29.7 Å². The molecular weight excluding hydrogens is 267 g/mol. The number of aryl methyl sites for hydroxylation is 1. The molecule has 1 aromatic rings. The minimum absolute atomic E-state index is 0.313. The van der Waals surface area contributed by atoms with Crippen LogP contribution < -0.4 is 0 Å². The lowest BCUT2D eigenvalue weighted by Crippen LogP contribution is -2.41. The highest BCUT2D eigenvalue weighted by atomic mass is 32.1. The first-order chi connectivity index (χ1) is 9.25. The maximum absolute atomic E-state index is 6.08. The second kappa shape index (κ2) is 5.59. The van der Waals surface area contributed by atoms with E-state index in [1.807, 2.05) is 0 Å². The topological polar surface area (TPSA) is 18.5 Å². The molecule has 0 atom stereocenters. The van der Waals surface area contributed by atoms with Gasteiger partial charge in [-0.2, -0.15) is 12.6 Å². The standard InChI is InChI=1S/C16H23BO2S/c1-12-7-6-8-13(9-12)10-14(11-20)17-18-15(2,3)16(4,5)19-17/h6-10,20H,11H2,1-5H3. The number of thiol groups is 1. The summed E-state index contributed by atoms with van der Waals surface area (Å²) in [6.45, 7) is 10.4. The summed E-state index contributed by atoms with van der Waals surface area (Å²) in [5.41, 5.74) is 2.83. The highest BCUT2D eigenvalue weighted by Crippen LogP contribution is 2.39. The second-order valence-electron chi connectivity index (χ2n) is 6.38. The molecule has 0 aliphatic carbocycles. The van der Waals surface area contributed by atoms with Crippen LogP contribution in [0.4, 0.5) is 0 Å². The molecule has 0 aromatic heterocycles. The van der Waals surface area contributed by atoms with Gasteiger partial charge in [0.05, 0.1) is 11.2 Å². The minimum atomic E-state index is -0.321. The predicted molar refractivity (Wildman–Crippen MR) is 89.1 cm³/mol. The minimum Gasteiger partial charge on any atom is -0.400 e. The Balaban J connectivity index is 2.26. The lowest BCUT2D eigenvalue weighted by Gasteiger charge is -2.32. The fourth-order valence-electron chi connectivity index (χ4n) is 2.16. The van der Waals surface area contributed by atoms with Gasteiger partial charge in [0.1, 0.15) is 0 Å². The zero-order valence-corrected chi connectivity index (χ0v) is 13.8. The third-order valence-corrected chi connectivity index (χ3v) is 4.50. The Bertz CT molecular complexity index is 507. The summed E-state index contributed by atoms with van der Waals surface area (Å²) in [4.78, 5) is 0. The zero-order valence-electron chi connectivity index (χ0n) is 12.9. The molecule has 1 aliphatic rings. The Morgan fingerprint density at radius 3 is 2.30 bits per heavy atom. The lowest BCUT2D eigenvalue weighted by molar-refractivity contribution is 0.00578. The number of benzene rings is 1. The van der Waals surface area contributed by atoms with Crippen molar-refractivity contribution in [3.8, 4) is 0 Å². The average Bonchev–Trinajstić information content (AvgIpc) is 2.55. The third kappa shape index (κ3) is 3.13. The van der Waals surface area contributed by atoms with Crippen molar-refractivity contribution in [2.24, 2.45) is 0 Å².